The van der Waals surface area contributed by atoms with Crippen LogP contribution in [0.5, 0.6) is 0 Å². The third-order valence-corrected chi connectivity index (χ3v) is 5.60. The lowest BCUT2D eigenvalue weighted by atomic mass is 10.1. The first kappa shape index (κ1) is 20.7. The van der Waals surface area contributed by atoms with Crippen molar-refractivity contribution in [3.63, 3.8) is 0 Å². The summed E-state index contributed by atoms with van der Waals surface area (Å²) < 4.78 is 1.70. The van der Waals surface area contributed by atoms with Crippen molar-refractivity contribution >= 4 is 11.9 Å². The summed E-state index contributed by atoms with van der Waals surface area (Å²) in [4.78, 5) is 25.4. The number of hydrogen-bond donors (Lipinski definition) is 3. The Balaban J connectivity index is 1.48. The Labute approximate surface area is 178 Å². The lowest BCUT2D eigenvalue weighted by Gasteiger charge is -2.20. The van der Waals surface area contributed by atoms with Gasteiger partial charge in [-0.05, 0) is 30.5 Å². The van der Waals surface area contributed by atoms with E-state index >= 15 is 0 Å². The van der Waals surface area contributed by atoms with Crippen molar-refractivity contribution in [1.29, 1.82) is 0 Å². The van der Waals surface area contributed by atoms with Gasteiger partial charge in [0.05, 0.1) is 12.2 Å². The van der Waals surface area contributed by atoms with Gasteiger partial charge in [-0.15, -0.1) is 5.10 Å². The van der Waals surface area contributed by atoms with Crippen LogP contribution in [0.2, 0.25) is 0 Å². The lowest BCUT2D eigenvalue weighted by molar-refractivity contribution is -0.142. The summed E-state index contributed by atoms with van der Waals surface area (Å²) in [5.41, 5.74) is 4.34. The quantitative estimate of drug-likeness (QED) is 0.394. The number of nitrogens with one attached hydrogen (secondary N) is 1. The van der Waals surface area contributed by atoms with Gasteiger partial charge in [-0.3, -0.25) is 19.7 Å². The van der Waals surface area contributed by atoms with Gasteiger partial charge in [-0.25, -0.2) is 10.2 Å². The number of rotatable bonds is 7. The molecule has 1 aliphatic rings. The van der Waals surface area contributed by atoms with Gasteiger partial charge in [0.2, 0.25) is 0 Å². The van der Waals surface area contributed by atoms with Crippen LogP contribution in [-0.4, -0.2) is 61.2 Å². The molecule has 4 rings (SSSR count). The van der Waals surface area contributed by atoms with E-state index in [-0.39, 0.29) is 6.04 Å². The Morgan fingerprint density at radius 1 is 1.13 bits per heavy atom. The molecule has 1 saturated heterocycles. The number of carboxylic acids is 1. The highest BCUT2D eigenvalue weighted by Crippen LogP contribution is 2.28. The smallest absolute Gasteiger partial charge is 0.321 e. The first-order valence-corrected chi connectivity index (χ1v) is 10.0. The second-order valence-corrected chi connectivity index (χ2v) is 7.58. The number of carboxylic acid groups (broad SMARTS) is 1. The summed E-state index contributed by atoms with van der Waals surface area (Å²) in [5.74, 6) is -1.44. The highest BCUT2D eigenvalue weighted by molar-refractivity contribution is 5.94. The monoisotopic (exact) mass is 421 g/mol. The van der Waals surface area contributed by atoms with Gasteiger partial charge in [0.25, 0.3) is 5.91 Å². The fourth-order valence-corrected chi connectivity index (χ4v) is 3.96. The molecule has 1 amide bonds. The Morgan fingerprint density at radius 3 is 2.68 bits per heavy atom. The SMILES string of the molecule is O=C(NO)c1cccc(-c2cn([C@@H]3C[C@H](C(=O)O)N(CCc4ccccc4)C3)nn2)c1. The number of nitrogens with zero attached hydrogens (tertiary/aromatic N) is 4. The number of carbonyl (C=O) groups excluding carboxylic acids is 1. The first-order valence-electron chi connectivity index (χ1n) is 10.0. The zero-order valence-electron chi connectivity index (χ0n) is 16.8. The van der Waals surface area contributed by atoms with E-state index in [1.807, 2.05) is 35.2 Å². The topological polar surface area (TPSA) is 121 Å². The van der Waals surface area contributed by atoms with Gasteiger partial charge in [-0.2, -0.15) is 0 Å². The number of likely N-dealkylation sites (tertiary alicyclic amines) is 1. The average Bonchev–Trinajstić information content (AvgIpc) is 3.45. The molecule has 0 aliphatic carbocycles. The largest absolute Gasteiger partial charge is 0.480 e. The van der Waals surface area contributed by atoms with Crippen LogP contribution < -0.4 is 5.48 Å². The van der Waals surface area contributed by atoms with Crippen molar-refractivity contribution in [3.8, 4) is 11.3 Å². The minimum absolute atomic E-state index is 0.109. The minimum Gasteiger partial charge on any atom is -0.480 e. The van der Waals surface area contributed by atoms with E-state index in [1.54, 1.807) is 40.6 Å². The molecule has 0 bridgehead atoms. The summed E-state index contributed by atoms with van der Waals surface area (Å²) >= 11 is 0. The zero-order valence-corrected chi connectivity index (χ0v) is 16.8. The molecular weight excluding hydrogens is 398 g/mol. The minimum atomic E-state index is -0.835. The number of amides is 1. The molecule has 9 heteroatoms. The number of carbonyl (C=O) groups is 2. The Bertz CT molecular complexity index is 1070. The van der Waals surface area contributed by atoms with Gasteiger partial charge >= 0.3 is 5.97 Å². The van der Waals surface area contributed by atoms with Crippen molar-refractivity contribution in [3.05, 3.63) is 71.9 Å². The van der Waals surface area contributed by atoms with Crippen LogP contribution in [0.15, 0.2) is 60.8 Å². The van der Waals surface area contributed by atoms with Crippen molar-refractivity contribution in [2.75, 3.05) is 13.1 Å². The molecule has 1 aliphatic heterocycles. The van der Waals surface area contributed by atoms with Crippen LogP contribution in [0.3, 0.4) is 0 Å². The Kier molecular flexibility index (Phi) is 6.06. The van der Waals surface area contributed by atoms with Crippen molar-refractivity contribution in [2.24, 2.45) is 0 Å². The maximum atomic E-state index is 11.8. The predicted molar refractivity (Wildman–Crippen MR) is 112 cm³/mol. The number of hydrogen-bond acceptors (Lipinski definition) is 6. The molecule has 0 saturated carbocycles. The van der Waals surface area contributed by atoms with Gasteiger partial charge in [0.1, 0.15) is 11.7 Å². The Morgan fingerprint density at radius 2 is 1.94 bits per heavy atom. The van der Waals surface area contributed by atoms with E-state index < -0.39 is 17.9 Å². The summed E-state index contributed by atoms with van der Waals surface area (Å²) in [6.45, 7) is 1.22. The van der Waals surface area contributed by atoms with Crippen LogP contribution in [-0.2, 0) is 11.2 Å². The molecule has 2 atom stereocenters. The van der Waals surface area contributed by atoms with Crippen LogP contribution in [0.4, 0.5) is 0 Å². The molecule has 160 valence electrons. The van der Waals surface area contributed by atoms with Gasteiger partial charge in [0, 0.05) is 24.2 Å². The number of benzene rings is 2. The lowest BCUT2D eigenvalue weighted by Crippen LogP contribution is -2.37. The summed E-state index contributed by atoms with van der Waals surface area (Å²) in [5, 5.41) is 26.9. The normalized spacial score (nSPS) is 18.7. The average molecular weight is 421 g/mol. The van der Waals surface area contributed by atoms with Crippen molar-refractivity contribution in [1.82, 2.24) is 25.4 Å². The maximum Gasteiger partial charge on any atom is 0.321 e. The molecule has 3 N–H and O–H groups in total. The van der Waals surface area contributed by atoms with Crippen molar-refractivity contribution < 1.29 is 19.9 Å². The molecule has 31 heavy (non-hydrogen) atoms. The fourth-order valence-electron chi connectivity index (χ4n) is 3.96. The van der Waals surface area contributed by atoms with E-state index in [4.69, 9.17) is 5.21 Å². The Hall–Kier alpha value is -3.56. The molecule has 0 spiro atoms. The second-order valence-electron chi connectivity index (χ2n) is 7.58. The molecular formula is C22H23N5O4. The molecule has 2 heterocycles. The highest BCUT2D eigenvalue weighted by atomic mass is 16.5. The fraction of sp³-hybridized carbons (Fsp3) is 0.273. The van der Waals surface area contributed by atoms with Gasteiger partial charge in [-0.1, -0.05) is 47.7 Å². The van der Waals surface area contributed by atoms with Crippen molar-refractivity contribution in [2.45, 2.75) is 24.9 Å². The van der Waals surface area contributed by atoms with E-state index in [2.05, 4.69) is 10.3 Å². The van der Waals surface area contributed by atoms with E-state index in [9.17, 15) is 14.7 Å². The van der Waals surface area contributed by atoms with Crippen LogP contribution in [0.25, 0.3) is 11.3 Å². The molecule has 0 radical (unpaired) electrons. The number of aromatic nitrogens is 3. The molecule has 1 aromatic heterocycles. The maximum absolute atomic E-state index is 11.8. The molecule has 2 aromatic carbocycles. The third kappa shape index (κ3) is 4.62. The molecule has 1 fully saturated rings. The highest BCUT2D eigenvalue weighted by Gasteiger charge is 2.37. The van der Waals surface area contributed by atoms with E-state index in [0.29, 0.717) is 36.3 Å². The standard InChI is InChI=1S/C22H23N5O4/c28-21(24-31)17-8-4-7-16(11-17)19-14-27(25-23-19)18-12-20(22(29)30)26(13-18)10-9-15-5-2-1-3-6-15/h1-8,11,14,18,20,31H,9-10,12-13H2,(H,24,28)(H,29,30)/t18-,20-/m1/s1. The predicted octanol–water partition coefficient (Wildman–Crippen LogP) is 2.01. The summed E-state index contributed by atoms with van der Waals surface area (Å²) in [6, 6.07) is 16.0. The number of hydroxylamine groups is 1. The van der Waals surface area contributed by atoms with Crippen LogP contribution >= 0.6 is 0 Å². The van der Waals surface area contributed by atoms with E-state index in [0.717, 1.165) is 6.42 Å². The molecule has 9 nitrogen and oxygen atoms in total. The van der Waals surface area contributed by atoms with Gasteiger partial charge < -0.3 is 5.11 Å². The zero-order chi connectivity index (χ0) is 21.8. The third-order valence-electron chi connectivity index (χ3n) is 5.60. The molecule has 0 unspecified atom stereocenters. The first-order chi connectivity index (χ1) is 15.0. The van der Waals surface area contributed by atoms with Crippen LogP contribution in [0, 0.1) is 0 Å². The van der Waals surface area contributed by atoms with Gasteiger partial charge in [0.15, 0.2) is 0 Å². The molecule has 3 aromatic rings. The summed E-state index contributed by atoms with van der Waals surface area (Å²) in [6.07, 6.45) is 2.99. The summed E-state index contributed by atoms with van der Waals surface area (Å²) in [7, 11) is 0. The van der Waals surface area contributed by atoms with Crippen LogP contribution in [0.1, 0.15) is 28.4 Å². The van der Waals surface area contributed by atoms with E-state index in [1.165, 1.54) is 5.56 Å². The second kappa shape index (κ2) is 9.07. The number of aliphatic carboxylic acids is 1.